The molecule has 4 heteroatoms. The van der Waals surface area contributed by atoms with Crippen LogP contribution in [0.3, 0.4) is 0 Å². The van der Waals surface area contributed by atoms with Gasteiger partial charge in [-0.1, -0.05) is 23.9 Å². The molecular weight excluding hydrogens is 200 g/mol. The zero-order chi connectivity index (χ0) is 10.4. The number of benzene rings is 1. The van der Waals surface area contributed by atoms with E-state index in [1.165, 1.54) is 18.9 Å². The molecule has 0 spiro atoms. The Morgan fingerprint density at radius 2 is 2.07 bits per heavy atom. The van der Waals surface area contributed by atoms with Crippen molar-refractivity contribution in [3.05, 3.63) is 29.8 Å². The molecular formula is C10H12O3S. The summed E-state index contributed by atoms with van der Waals surface area (Å²) in [5, 5.41) is 0. The third-order valence-electron chi connectivity index (χ3n) is 1.62. The third-order valence-corrected chi connectivity index (χ3v) is 2.65. The normalized spacial score (nSPS) is 9.86. The fourth-order valence-electron chi connectivity index (χ4n) is 0.994. The van der Waals surface area contributed by atoms with Crippen molar-refractivity contribution in [2.45, 2.75) is 4.90 Å². The van der Waals surface area contributed by atoms with Gasteiger partial charge in [-0.15, -0.1) is 0 Å². The molecule has 3 nitrogen and oxygen atoms in total. The number of ether oxygens (including phenoxy) is 2. The zero-order valence-corrected chi connectivity index (χ0v) is 8.97. The van der Waals surface area contributed by atoms with E-state index in [0.717, 1.165) is 4.90 Å². The molecule has 0 aliphatic rings. The summed E-state index contributed by atoms with van der Waals surface area (Å²) in [4.78, 5) is 12.2. The number of methoxy groups -OCH3 is 2. The van der Waals surface area contributed by atoms with Gasteiger partial charge in [0, 0.05) is 12.0 Å². The summed E-state index contributed by atoms with van der Waals surface area (Å²) < 4.78 is 9.59. The van der Waals surface area contributed by atoms with Crippen LogP contribution in [-0.4, -0.2) is 26.1 Å². The summed E-state index contributed by atoms with van der Waals surface area (Å²) in [6.45, 7) is 0. The van der Waals surface area contributed by atoms with E-state index >= 15 is 0 Å². The number of hydrogen-bond donors (Lipinski definition) is 0. The molecule has 0 atom stereocenters. The van der Waals surface area contributed by atoms with E-state index in [1.807, 2.05) is 18.2 Å². The van der Waals surface area contributed by atoms with Gasteiger partial charge < -0.3 is 9.47 Å². The van der Waals surface area contributed by atoms with Crippen LogP contribution in [0.25, 0.3) is 0 Å². The largest absolute Gasteiger partial charge is 0.465 e. The fourth-order valence-corrected chi connectivity index (χ4v) is 1.72. The first-order valence-corrected chi connectivity index (χ1v) is 5.07. The van der Waals surface area contributed by atoms with Gasteiger partial charge in [0.2, 0.25) is 0 Å². The van der Waals surface area contributed by atoms with Gasteiger partial charge in [-0.2, -0.15) is 0 Å². The number of esters is 1. The number of carbonyl (C=O) groups excluding carboxylic acids is 1. The van der Waals surface area contributed by atoms with Crippen LogP contribution in [0, 0.1) is 0 Å². The maximum atomic E-state index is 11.3. The topological polar surface area (TPSA) is 35.5 Å². The Bertz CT molecular complexity index is 312. The molecule has 0 saturated carbocycles. The molecule has 0 saturated heterocycles. The first kappa shape index (κ1) is 11.1. The quantitative estimate of drug-likeness (QED) is 0.435. The second-order valence-corrected chi connectivity index (χ2v) is 3.50. The van der Waals surface area contributed by atoms with Crippen LogP contribution >= 0.6 is 11.8 Å². The predicted molar refractivity (Wildman–Crippen MR) is 55.5 cm³/mol. The van der Waals surface area contributed by atoms with Crippen molar-refractivity contribution < 1.29 is 14.3 Å². The van der Waals surface area contributed by atoms with Gasteiger partial charge in [0.1, 0.15) is 0 Å². The number of carbonyl (C=O) groups is 1. The van der Waals surface area contributed by atoms with Crippen molar-refractivity contribution in [1.29, 1.82) is 0 Å². The molecule has 0 fully saturated rings. The summed E-state index contributed by atoms with van der Waals surface area (Å²) in [5.74, 6) is 0.206. The fraction of sp³-hybridized carbons (Fsp3) is 0.300. The molecule has 0 N–H and O–H groups in total. The maximum absolute atomic E-state index is 11.3. The van der Waals surface area contributed by atoms with Gasteiger partial charge in [-0.25, -0.2) is 4.79 Å². The molecule has 0 amide bonds. The van der Waals surface area contributed by atoms with Gasteiger partial charge in [-0.3, -0.25) is 0 Å². The summed E-state index contributed by atoms with van der Waals surface area (Å²) >= 11 is 1.47. The number of rotatable bonds is 4. The predicted octanol–water partition coefficient (Wildman–Crippen LogP) is 2.17. The first-order chi connectivity index (χ1) is 6.79. The average Bonchev–Trinajstić information content (AvgIpc) is 2.25. The minimum absolute atomic E-state index is 0.316. The molecule has 76 valence electrons. The van der Waals surface area contributed by atoms with E-state index in [2.05, 4.69) is 4.74 Å². The van der Waals surface area contributed by atoms with Crippen LogP contribution < -0.4 is 0 Å². The molecule has 1 aromatic rings. The molecule has 0 radical (unpaired) electrons. The van der Waals surface area contributed by atoms with Crippen molar-refractivity contribution in [1.82, 2.24) is 0 Å². The highest BCUT2D eigenvalue weighted by atomic mass is 32.2. The van der Waals surface area contributed by atoms with Crippen molar-refractivity contribution in [3.63, 3.8) is 0 Å². The van der Waals surface area contributed by atoms with Crippen LogP contribution in [0.4, 0.5) is 0 Å². The highest BCUT2D eigenvalue weighted by molar-refractivity contribution is 7.99. The van der Waals surface area contributed by atoms with E-state index < -0.39 is 0 Å². The van der Waals surface area contributed by atoms with Crippen molar-refractivity contribution in [2.75, 3.05) is 20.2 Å². The van der Waals surface area contributed by atoms with Crippen LogP contribution in [0.1, 0.15) is 10.4 Å². The monoisotopic (exact) mass is 212 g/mol. The lowest BCUT2D eigenvalue weighted by Crippen LogP contribution is -2.02. The van der Waals surface area contributed by atoms with Gasteiger partial charge in [0.25, 0.3) is 0 Å². The Balaban J connectivity index is 2.85. The second-order valence-electron chi connectivity index (χ2n) is 2.54. The zero-order valence-electron chi connectivity index (χ0n) is 8.15. The van der Waals surface area contributed by atoms with E-state index in [4.69, 9.17) is 4.74 Å². The molecule has 0 bridgehead atoms. The van der Waals surface area contributed by atoms with Gasteiger partial charge in [0.15, 0.2) is 0 Å². The lowest BCUT2D eigenvalue weighted by molar-refractivity contribution is 0.0597. The van der Waals surface area contributed by atoms with Crippen LogP contribution in [0.2, 0.25) is 0 Å². The van der Waals surface area contributed by atoms with Crippen LogP contribution in [-0.2, 0) is 9.47 Å². The van der Waals surface area contributed by atoms with Crippen molar-refractivity contribution in [2.24, 2.45) is 0 Å². The van der Waals surface area contributed by atoms with Gasteiger partial charge in [0.05, 0.1) is 18.6 Å². The van der Waals surface area contributed by atoms with Gasteiger partial charge in [-0.05, 0) is 12.1 Å². The Morgan fingerprint density at radius 1 is 1.36 bits per heavy atom. The molecule has 1 aromatic carbocycles. The minimum Gasteiger partial charge on any atom is -0.465 e. The van der Waals surface area contributed by atoms with E-state index in [1.54, 1.807) is 13.2 Å². The first-order valence-electron chi connectivity index (χ1n) is 4.08. The number of hydrogen-bond acceptors (Lipinski definition) is 4. The van der Waals surface area contributed by atoms with Gasteiger partial charge >= 0.3 is 5.97 Å². The Hall–Kier alpha value is -1.00. The lowest BCUT2D eigenvalue weighted by atomic mass is 10.2. The van der Waals surface area contributed by atoms with Crippen LogP contribution in [0.5, 0.6) is 0 Å². The molecule has 0 aliphatic heterocycles. The molecule has 1 rings (SSSR count). The van der Waals surface area contributed by atoms with Crippen molar-refractivity contribution >= 4 is 17.7 Å². The summed E-state index contributed by atoms with van der Waals surface area (Å²) in [6, 6.07) is 7.30. The molecule has 0 unspecified atom stereocenters. The lowest BCUT2D eigenvalue weighted by Gasteiger charge is -2.05. The second kappa shape index (κ2) is 5.67. The van der Waals surface area contributed by atoms with Crippen molar-refractivity contribution in [3.8, 4) is 0 Å². The van der Waals surface area contributed by atoms with Crippen LogP contribution in [0.15, 0.2) is 29.2 Å². The Morgan fingerprint density at radius 3 is 2.71 bits per heavy atom. The Kier molecular flexibility index (Phi) is 4.49. The van der Waals surface area contributed by atoms with E-state index in [9.17, 15) is 4.79 Å². The Labute approximate surface area is 87.4 Å². The third kappa shape index (κ3) is 2.75. The molecule has 0 aromatic heterocycles. The minimum atomic E-state index is -0.316. The molecule has 0 heterocycles. The van der Waals surface area contributed by atoms with E-state index in [0.29, 0.717) is 11.5 Å². The molecule has 0 aliphatic carbocycles. The smallest absolute Gasteiger partial charge is 0.338 e. The average molecular weight is 212 g/mol. The maximum Gasteiger partial charge on any atom is 0.338 e. The highest BCUT2D eigenvalue weighted by Gasteiger charge is 2.10. The number of thioether (sulfide) groups is 1. The summed E-state index contributed by atoms with van der Waals surface area (Å²) in [7, 11) is 2.99. The highest BCUT2D eigenvalue weighted by Crippen LogP contribution is 2.22. The summed E-state index contributed by atoms with van der Waals surface area (Å²) in [6.07, 6.45) is 0. The molecule has 14 heavy (non-hydrogen) atoms. The summed E-state index contributed by atoms with van der Waals surface area (Å²) in [5.41, 5.74) is 0.581. The SMILES string of the molecule is COCSc1ccccc1C(=O)OC. The van der Waals surface area contributed by atoms with E-state index in [-0.39, 0.29) is 5.97 Å². The standard InChI is InChI=1S/C10H12O3S/c1-12-7-14-9-6-4-3-5-8(9)10(11)13-2/h3-6H,7H2,1-2H3.